The van der Waals surface area contributed by atoms with Crippen LogP contribution in [0.15, 0.2) is 42.5 Å². The molecule has 4 nitrogen and oxygen atoms in total. The maximum atomic E-state index is 10.6. The van der Waals surface area contributed by atoms with Crippen LogP contribution in [0.5, 0.6) is 17.2 Å². The fourth-order valence-electron chi connectivity index (χ4n) is 2.04. The van der Waals surface area contributed by atoms with E-state index in [-0.39, 0.29) is 0 Å². The zero-order chi connectivity index (χ0) is 14.5. The van der Waals surface area contributed by atoms with Gasteiger partial charge in [-0.05, 0) is 35.9 Å². The van der Waals surface area contributed by atoms with Crippen molar-refractivity contribution in [2.45, 2.75) is 6.10 Å². The van der Waals surface area contributed by atoms with E-state index in [1.54, 1.807) is 45.6 Å². The first-order valence-corrected chi connectivity index (χ1v) is 6.23. The number of aliphatic hydroxyl groups excluding tert-OH is 1. The minimum atomic E-state index is -0.810. The molecule has 0 heterocycles. The van der Waals surface area contributed by atoms with Crippen LogP contribution in [-0.4, -0.2) is 26.4 Å². The van der Waals surface area contributed by atoms with Gasteiger partial charge in [0.2, 0.25) is 0 Å². The van der Waals surface area contributed by atoms with Gasteiger partial charge in [-0.25, -0.2) is 0 Å². The van der Waals surface area contributed by atoms with Gasteiger partial charge in [0.05, 0.1) is 21.3 Å². The van der Waals surface area contributed by atoms with Crippen LogP contribution < -0.4 is 14.2 Å². The molecule has 0 aliphatic rings. The Morgan fingerprint density at radius 2 is 1.55 bits per heavy atom. The summed E-state index contributed by atoms with van der Waals surface area (Å²) in [6.07, 6.45) is -0.810. The highest BCUT2D eigenvalue weighted by atomic mass is 16.5. The molecule has 0 spiro atoms. The summed E-state index contributed by atoms with van der Waals surface area (Å²) in [5.74, 6) is 1.98. The fourth-order valence-corrected chi connectivity index (χ4v) is 2.04. The molecule has 0 aliphatic carbocycles. The van der Waals surface area contributed by atoms with E-state index in [2.05, 4.69) is 0 Å². The number of rotatable bonds is 5. The van der Waals surface area contributed by atoms with Crippen LogP contribution in [0.25, 0.3) is 0 Å². The molecule has 0 saturated heterocycles. The molecular formula is C16H18O4. The zero-order valence-electron chi connectivity index (χ0n) is 11.8. The molecule has 0 saturated carbocycles. The van der Waals surface area contributed by atoms with Gasteiger partial charge in [0.15, 0.2) is 0 Å². The van der Waals surface area contributed by atoms with Crippen LogP contribution in [0.2, 0.25) is 0 Å². The molecule has 2 rings (SSSR count). The van der Waals surface area contributed by atoms with Gasteiger partial charge in [0.25, 0.3) is 0 Å². The molecule has 0 bridgehead atoms. The quantitative estimate of drug-likeness (QED) is 0.910. The Balaban J connectivity index is 2.42. The minimum absolute atomic E-state index is 0.612. The van der Waals surface area contributed by atoms with Gasteiger partial charge in [-0.15, -0.1) is 0 Å². The van der Waals surface area contributed by atoms with E-state index in [1.807, 2.05) is 18.2 Å². The molecule has 0 aliphatic heterocycles. The van der Waals surface area contributed by atoms with E-state index in [9.17, 15) is 5.11 Å². The van der Waals surface area contributed by atoms with Crippen molar-refractivity contribution in [1.82, 2.24) is 0 Å². The van der Waals surface area contributed by atoms with Gasteiger partial charge >= 0.3 is 0 Å². The standard InChI is InChI=1S/C16H18O4/c1-18-12-6-4-5-11(9-12)16(17)14-10-13(19-2)7-8-15(14)20-3/h4-10,16-17H,1-3H3. The Morgan fingerprint density at radius 3 is 2.20 bits per heavy atom. The van der Waals surface area contributed by atoms with Crippen molar-refractivity contribution in [2.24, 2.45) is 0 Å². The van der Waals surface area contributed by atoms with Gasteiger partial charge in [-0.1, -0.05) is 12.1 Å². The topological polar surface area (TPSA) is 47.9 Å². The summed E-state index contributed by atoms with van der Waals surface area (Å²) < 4.78 is 15.7. The molecule has 0 fully saturated rings. The SMILES string of the molecule is COc1cccc(C(O)c2cc(OC)ccc2OC)c1. The molecule has 4 heteroatoms. The Kier molecular flexibility index (Phi) is 4.48. The Bertz CT molecular complexity index is 580. The lowest BCUT2D eigenvalue weighted by atomic mass is 10.00. The fraction of sp³-hybridized carbons (Fsp3) is 0.250. The molecule has 1 unspecified atom stereocenters. The largest absolute Gasteiger partial charge is 0.497 e. The predicted octanol–water partition coefficient (Wildman–Crippen LogP) is 2.79. The Morgan fingerprint density at radius 1 is 0.850 bits per heavy atom. The van der Waals surface area contributed by atoms with E-state index in [4.69, 9.17) is 14.2 Å². The number of aliphatic hydroxyl groups is 1. The lowest BCUT2D eigenvalue weighted by molar-refractivity contribution is 0.213. The van der Waals surface area contributed by atoms with Crippen LogP contribution in [0.4, 0.5) is 0 Å². The molecular weight excluding hydrogens is 256 g/mol. The molecule has 2 aromatic carbocycles. The summed E-state index contributed by atoms with van der Waals surface area (Å²) in [5.41, 5.74) is 1.39. The summed E-state index contributed by atoms with van der Waals surface area (Å²) in [4.78, 5) is 0. The van der Waals surface area contributed by atoms with E-state index in [0.29, 0.717) is 22.8 Å². The average Bonchev–Trinajstić information content (AvgIpc) is 2.53. The highest BCUT2D eigenvalue weighted by Crippen LogP contribution is 2.33. The van der Waals surface area contributed by atoms with E-state index >= 15 is 0 Å². The van der Waals surface area contributed by atoms with Gasteiger partial charge < -0.3 is 19.3 Å². The predicted molar refractivity (Wildman–Crippen MR) is 76.6 cm³/mol. The molecule has 106 valence electrons. The second-order valence-corrected chi connectivity index (χ2v) is 4.29. The van der Waals surface area contributed by atoms with Gasteiger partial charge in [-0.2, -0.15) is 0 Å². The lowest BCUT2D eigenvalue weighted by Gasteiger charge is -2.16. The number of methoxy groups -OCH3 is 3. The maximum Gasteiger partial charge on any atom is 0.125 e. The van der Waals surface area contributed by atoms with Crippen LogP contribution in [0, 0.1) is 0 Å². The molecule has 2 aromatic rings. The Hall–Kier alpha value is -2.20. The van der Waals surface area contributed by atoms with Crippen LogP contribution in [0.1, 0.15) is 17.2 Å². The van der Waals surface area contributed by atoms with Gasteiger partial charge in [-0.3, -0.25) is 0 Å². The van der Waals surface area contributed by atoms with Crippen LogP contribution in [-0.2, 0) is 0 Å². The first kappa shape index (κ1) is 14.2. The van der Waals surface area contributed by atoms with E-state index < -0.39 is 6.10 Å². The second-order valence-electron chi connectivity index (χ2n) is 4.29. The van der Waals surface area contributed by atoms with Crippen molar-refractivity contribution in [3.63, 3.8) is 0 Å². The maximum absolute atomic E-state index is 10.6. The highest BCUT2D eigenvalue weighted by molar-refractivity contribution is 5.46. The van der Waals surface area contributed by atoms with E-state index in [0.717, 1.165) is 5.56 Å². The van der Waals surface area contributed by atoms with Crippen molar-refractivity contribution in [2.75, 3.05) is 21.3 Å². The summed E-state index contributed by atoms with van der Waals surface area (Å²) in [7, 11) is 4.75. The lowest BCUT2D eigenvalue weighted by Crippen LogP contribution is -2.03. The Labute approximate surface area is 118 Å². The summed E-state index contributed by atoms with van der Waals surface area (Å²) in [6, 6.07) is 12.6. The second kappa shape index (κ2) is 6.30. The molecule has 1 N–H and O–H groups in total. The molecule has 0 aromatic heterocycles. The van der Waals surface area contributed by atoms with Gasteiger partial charge in [0.1, 0.15) is 23.4 Å². The number of hydrogen-bond acceptors (Lipinski definition) is 4. The van der Waals surface area contributed by atoms with E-state index in [1.165, 1.54) is 0 Å². The molecule has 20 heavy (non-hydrogen) atoms. The third-order valence-corrected chi connectivity index (χ3v) is 3.14. The third-order valence-electron chi connectivity index (χ3n) is 3.14. The molecule has 0 amide bonds. The summed E-state index contributed by atoms with van der Waals surface area (Å²) in [5, 5.41) is 10.6. The van der Waals surface area contributed by atoms with Crippen LogP contribution >= 0.6 is 0 Å². The number of ether oxygens (including phenoxy) is 3. The van der Waals surface area contributed by atoms with Crippen molar-refractivity contribution in [3.8, 4) is 17.2 Å². The summed E-state index contributed by atoms with van der Waals surface area (Å²) in [6.45, 7) is 0. The summed E-state index contributed by atoms with van der Waals surface area (Å²) >= 11 is 0. The first-order chi connectivity index (χ1) is 9.69. The number of benzene rings is 2. The smallest absolute Gasteiger partial charge is 0.125 e. The third kappa shape index (κ3) is 2.86. The molecule has 0 radical (unpaired) electrons. The normalized spacial score (nSPS) is 11.8. The van der Waals surface area contributed by atoms with Crippen molar-refractivity contribution in [1.29, 1.82) is 0 Å². The monoisotopic (exact) mass is 274 g/mol. The van der Waals surface area contributed by atoms with Gasteiger partial charge in [0, 0.05) is 5.56 Å². The minimum Gasteiger partial charge on any atom is -0.497 e. The van der Waals surface area contributed by atoms with Crippen molar-refractivity contribution in [3.05, 3.63) is 53.6 Å². The van der Waals surface area contributed by atoms with Crippen LogP contribution in [0.3, 0.4) is 0 Å². The zero-order valence-corrected chi connectivity index (χ0v) is 11.8. The average molecular weight is 274 g/mol. The molecule has 1 atom stereocenters. The van der Waals surface area contributed by atoms with Crippen molar-refractivity contribution < 1.29 is 19.3 Å². The number of hydrogen-bond donors (Lipinski definition) is 1. The first-order valence-electron chi connectivity index (χ1n) is 6.23. The highest BCUT2D eigenvalue weighted by Gasteiger charge is 2.17. The van der Waals surface area contributed by atoms with Crippen molar-refractivity contribution >= 4 is 0 Å².